The van der Waals surface area contributed by atoms with E-state index in [1.807, 2.05) is 29.1 Å². The predicted molar refractivity (Wildman–Crippen MR) is 77.9 cm³/mol. The van der Waals surface area contributed by atoms with Gasteiger partial charge >= 0.3 is 0 Å². The van der Waals surface area contributed by atoms with Crippen LogP contribution in [0, 0.1) is 6.92 Å². The molecular formula is C15H17N5O. The predicted octanol–water partition coefficient (Wildman–Crippen LogP) is 2.41. The topological polar surface area (TPSA) is 68.8 Å². The fraction of sp³-hybridized carbons (Fsp3) is 0.267. The summed E-state index contributed by atoms with van der Waals surface area (Å²) in [7, 11) is 0. The number of rotatable bonds is 5. The third-order valence-electron chi connectivity index (χ3n) is 3.29. The molecule has 21 heavy (non-hydrogen) atoms. The van der Waals surface area contributed by atoms with Gasteiger partial charge in [0.05, 0.1) is 12.2 Å². The van der Waals surface area contributed by atoms with Crippen LogP contribution in [0.1, 0.15) is 30.2 Å². The van der Waals surface area contributed by atoms with Gasteiger partial charge in [0.25, 0.3) is 0 Å². The van der Waals surface area contributed by atoms with Gasteiger partial charge < -0.3 is 9.84 Å². The Kier molecular flexibility index (Phi) is 3.79. The molecule has 0 aliphatic carbocycles. The number of aryl methyl sites for hydroxylation is 1. The van der Waals surface area contributed by atoms with Gasteiger partial charge in [-0.3, -0.25) is 0 Å². The number of para-hydroxylation sites is 1. The molecule has 0 spiro atoms. The molecule has 0 saturated carbocycles. The Morgan fingerprint density at radius 3 is 2.86 bits per heavy atom. The Labute approximate surface area is 122 Å². The zero-order valence-corrected chi connectivity index (χ0v) is 12.0. The largest absolute Gasteiger partial charge is 0.340 e. The van der Waals surface area contributed by atoms with Gasteiger partial charge in [-0.05, 0) is 24.6 Å². The number of hydrogen-bond acceptors (Lipinski definition) is 5. The molecule has 0 bridgehead atoms. The minimum Gasteiger partial charge on any atom is -0.340 e. The van der Waals surface area contributed by atoms with Crippen LogP contribution < -0.4 is 5.32 Å². The molecule has 3 aromatic rings. The summed E-state index contributed by atoms with van der Waals surface area (Å²) < 4.78 is 6.84. The van der Waals surface area contributed by atoms with E-state index in [1.165, 1.54) is 5.56 Å². The van der Waals surface area contributed by atoms with Crippen molar-refractivity contribution in [1.82, 2.24) is 25.2 Å². The highest BCUT2D eigenvalue weighted by Gasteiger charge is 2.12. The fourth-order valence-corrected chi connectivity index (χ4v) is 2.24. The molecule has 2 aromatic heterocycles. The minimum absolute atomic E-state index is 0.143. The van der Waals surface area contributed by atoms with Crippen LogP contribution >= 0.6 is 0 Å². The van der Waals surface area contributed by atoms with Gasteiger partial charge in [0.15, 0.2) is 5.82 Å². The maximum atomic E-state index is 4.97. The Balaban J connectivity index is 1.77. The van der Waals surface area contributed by atoms with Crippen molar-refractivity contribution in [3.63, 3.8) is 0 Å². The van der Waals surface area contributed by atoms with Crippen LogP contribution in [-0.2, 0) is 6.54 Å². The van der Waals surface area contributed by atoms with E-state index in [0.29, 0.717) is 18.3 Å². The molecule has 1 atom stereocenters. The van der Waals surface area contributed by atoms with Crippen LogP contribution in [0.3, 0.4) is 0 Å². The van der Waals surface area contributed by atoms with E-state index in [-0.39, 0.29) is 6.04 Å². The van der Waals surface area contributed by atoms with Crippen molar-refractivity contribution >= 4 is 0 Å². The summed E-state index contributed by atoms with van der Waals surface area (Å²) in [5.41, 5.74) is 2.23. The molecule has 6 heteroatoms. The number of aromatic nitrogens is 4. The lowest BCUT2D eigenvalue weighted by molar-refractivity contribution is 0.384. The first-order valence-corrected chi connectivity index (χ1v) is 6.85. The molecule has 2 heterocycles. The van der Waals surface area contributed by atoms with E-state index in [4.69, 9.17) is 4.52 Å². The van der Waals surface area contributed by atoms with Gasteiger partial charge in [0.2, 0.25) is 5.89 Å². The number of hydrogen-bond donors (Lipinski definition) is 1. The number of benzene rings is 1. The van der Waals surface area contributed by atoms with Gasteiger partial charge in [-0.2, -0.15) is 10.1 Å². The molecule has 0 aliphatic rings. The summed E-state index contributed by atoms with van der Waals surface area (Å²) in [6.45, 7) is 4.45. The van der Waals surface area contributed by atoms with Crippen LogP contribution in [0.15, 0.2) is 47.2 Å². The summed E-state index contributed by atoms with van der Waals surface area (Å²) in [5.74, 6) is 1.24. The van der Waals surface area contributed by atoms with E-state index >= 15 is 0 Å². The molecule has 1 aromatic carbocycles. The van der Waals surface area contributed by atoms with Crippen LogP contribution in [0.5, 0.6) is 0 Å². The quantitative estimate of drug-likeness (QED) is 0.778. The van der Waals surface area contributed by atoms with Crippen molar-refractivity contribution in [3.8, 4) is 5.69 Å². The summed E-state index contributed by atoms with van der Waals surface area (Å²) in [6.07, 6.45) is 3.71. The molecule has 0 fully saturated rings. The second-order valence-corrected chi connectivity index (χ2v) is 4.84. The average molecular weight is 283 g/mol. The van der Waals surface area contributed by atoms with Gasteiger partial charge in [-0.15, -0.1) is 0 Å². The highest BCUT2D eigenvalue weighted by molar-refractivity contribution is 5.42. The Bertz CT molecular complexity index is 704. The molecule has 3 rings (SSSR count). The Hall–Kier alpha value is -2.47. The number of nitrogens with one attached hydrogen (secondary N) is 1. The summed E-state index contributed by atoms with van der Waals surface area (Å²) in [5, 5.41) is 11.6. The van der Waals surface area contributed by atoms with Crippen molar-refractivity contribution < 1.29 is 4.52 Å². The molecular weight excluding hydrogens is 266 g/mol. The molecule has 0 aliphatic heterocycles. The molecule has 1 N–H and O–H groups in total. The summed E-state index contributed by atoms with van der Waals surface area (Å²) in [4.78, 5) is 4.19. The van der Waals surface area contributed by atoms with Gasteiger partial charge in [0.1, 0.15) is 0 Å². The Morgan fingerprint density at radius 1 is 1.29 bits per heavy atom. The van der Waals surface area contributed by atoms with Gasteiger partial charge in [0, 0.05) is 25.4 Å². The smallest absolute Gasteiger partial charge is 0.223 e. The van der Waals surface area contributed by atoms with Crippen molar-refractivity contribution in [2.45, 2.75) is 26.4 Å². The standard InChI is InChI=1S/C15H17N5O/c1-11(16-10-15-18-12(2)21-19-15)13-6-3-4-7-14(13)20-9-5-8-17-20/h3-9,11,16H,10H2,1-2H3/t11-/m0/s1. The van der Waals surface area contributed by atoms with Gasteiger partial charge in [-0.1, -0.05) is 23.4 Å². The van der Waals surface area contributed by atoms with E-state index < -0.39 is 0 Å². The molecule has 0 unspecified atom stereocenters. The maximum absolute atomic E-state index is 4.97. The molecule has 0 radical (unpaired) electrons. The highest BCUT2D eigenvalue weighted by atomic mass is 16.5. The lowest BCUT2D eigenvalue weighted by Gasteiger charge is -2.17. The van der Waals surface area contributed by atoms with Crippen molar-refractivity contribution in [1.29, 1.82) is 0 Å². The van der Waals surface area contributed by atoms with Crippen molar-refractivity contribution in [3.05, 3.63) is 60.0 Å². The van der Waals surface area contributed by atoms with Crippen molar-refractivity contribution in [2.75, 3.05) is 0 Å². The lowest BCUT2D eigenvalue weighted by Crippen LogP contribution is -2.20. The summed E-state index contributed by atoms with van der Waals surface area (Å²) in [6, 6.07) is 10.2. The molecule has 0 saturated heterocycles. The first-order valence-electron chi connectivity index (χ1n) is 6.85. The first kappa shape index (κ1) is 13.5. The third kappa shape index (κ3) is 3.00. The second-order valence-electron chi connectivity index (χ2n) is 4.84. The fourth-order valence-electron chi connectivity index (χ4n) is 2.24. The van der Waals surface area contributed by atoms with E-state index in [9.17, 15) is 0 Å². The van der Waals surface area contributed by atoms with Gasteiger partial charge in [-0.25, -0.2) is 4.68 Å². The first-order chi connectivity index (χ1) is 10.2. The molecule has 108 valence electrons. The molecule has 0 amide bonds. The maximum Gasteiger partial charge on any atom is 0.223 e. The third-order valence-corrected chi connectivity index (χ3v) is 3.29. The van der Waals surface area contributed by atoms with Crippen LogP contribution in [0.2, 0.25) is 0 Å². The normalized spacial score (nSPS) is 12.5. The second kappa shape index (κ2) is 5.88. The zero-order valence-electron chi connectivity index (χ0n) is 12.0. The number of nitrogens with zero attached hydrogens (tertiary/aromatic N) is 4. The minimum atomic E-state index is 0.143. The average Bonchev–Trinajstić information content (AvgIpc) is 3.16. The van der Waals surface area contributed by atoms with E-state index in [0.717, 1.165) is 5.69 Å². The van der Waals surface area contributed by atoms with E-state index in [1.54, 1.807) is 13.1 Å². The molecule has 6 nitrogen and oxygen atoms in total. The van der Waals surface area contributed by atoms with Crippen LogP contribution in [0.25, 0.3) is 5.69 Å². The van der Waals surface area contributed by atoms with Crippen molar-refractivity contribution in [2.24, 2.45) is 0 Å². The van der Waals surface area contributed by atoms with E-state index in [2.05, 4.69) is 39.6 Å². The summed E-state index contributed by atoms with van der Waals surface area (Å²) >= 11 is 0. The monoisotopic (exact) mass is 283 g/mol. The SMILES string of the molecule is Cc1nc(CN[C@@H](C)c2ccccc2-n2cccn2)no1. The van der Waals surface area contributed by atoms with Crippen LogP contribution in [0.4, 0.5) is 0 Å². The van der Waals surface area contributed by atoms with Crippen LogP contribution in [-0.4, -0.2) is 19.9 Å². The zero-order chi connectivity index (χ0) is 14.7. The lowest BCUT2D eigenvalue weighted by atomic mass is 10.1. The highest BCUT2D eigenvalue weighted by Crippen LogP contribution is 2.21. The Morgan fingerprint density at radius 2 is 2.14 bits per heavy atom.